The maximum absolute atomic E-state index is 6.47. The number of benzene rings is 2. The van der Waals surface area contributed by atoms with Crippen LogP contribution in [-0.4, -0.2) is 54.2 Å². The Hall–Kier alpha value is -2.80. The fourth-order valence-corrected chi connectivity index (χ4v) is 6.81. The molecule has 3 heterocycles. The van der Waals surface area contributed by atoms with Crippen LogP contribution in [0.4, 0.5) is 5.82 Å². The molecule has 1 aliphatic carbocycles. The maximum atomic E-state index is 6.47. The SMILES string of the molecule is C[C@@H]1CCc2sc3ncnc(N4CCN(CCOC(c5ccccc5)c5ccccc5)CC4)c3c2C1. The molecule has 186 valence electrons. The van der Waals surface area contributed by atoms with E-state index in [9.17, 15) is 0 Å². The molecule has 0 radical (unpaired) electrons. The van der Waals surface area contributed by atoms with Crippen molar-refractivity contribution in [1.29, 1.82) is 0 Å². The molecule has 2 aromatic carbocycles. The average Bonchev–Trinajstić information content (AvgIpc) is 3.30. The topological polar surface area (TPSA) is 41.5 Å². The van der Waals surface area contributed by atoms with Crippen LogP contribution in [0, 0.1) is 5.92 Å². The van der Waals surface area contributed by atoms with Crippen molar-refractivity contribution in [3.8, 4) is 0 Å². The second-order valence-corrected chi connectivity index (χ2v) is 11.2. The van der Waals surface area contributed by atoms with E-state index in [0.717, 1.165) is 50.9 Å². The molecule has 4 aromatic rings. The zero-order valence-corrected chi connectivity index (χ0v) is 21.8. The zero-order valence-electron chi connectivity index (χ0n) is 21.0. The van der Waals surface area contributed by atoms with Crippen molar-refractivity contribution in [3.05, 3.63) is 88.6 Å². The fraction of sp³-hybridized carbons (Fsp3) is 0.400. The highest BCUT2D eigenvalue weighted by molar-refractivity contribution is 7.19. The number of ether oxygens (including phenoxy) is 1. The van der Waals surface area contributed by atoms with E-state index in [4.69, 9.17) is 9.72 Å². The number of nitrogens with zero attached hydrogens (tertiary/aromatic N) is 4. The lowest BCUT2D eigenvalue weighted by molar-refractivity contribution is 0.0586. The van der Waals surface area contributed by atoms with Crippen LogP contribution in [0.5, 0.6) is 0 Å². The van der Waals surface area contributed by atoms with Gasteiger partial charge in [0.1, 0.15) is 23.1 Å². The van der Waals surface area contributed by atoms with Gasteiger partial charge in [-0.2, -0.15) is 0 Å². The highest BCUT2D eigenvalue weighted by atomic mass is 32.1. The van der Waals surface area contributed by atoms with Crippen LogP contribution < -0.4 is 4.90 Å². The van der Waals surface area contributed by atoms with Crippen LogP contribution in [0.1, 0.15) is 41.0 Å². The molecule has 1 aliphatic heterocycles. The number of hydrogen-bond acceptors (Lipinski definition) is 6. The Morgan fingerprint density at radius 3 is 2.33 bits per heavy atom. The predicted molar refractivity (Wildman–Crippen MR) is 148 cm³/mol. The van der Waals surface area contributed by atoms with Gasteiger partial charge in [0.2, 0.25) is 0 Å². The van der Waals surface area contributed by atoms with Crippen molar-refractivity contribution < 1.29 is 4.74 Å². The maximum Gasteiger partial charge on any atom is 0.141 e. The highest BCUT2D eigenvalue weighted by Crippen LogP contribution is 2.40. The lowest BCUT2D eigenvalue weighted by Crippen LogP contribution is -2.47. The Morgan fingerprint density at radius 1 is 0.944 bits per heavy atom. The van der Waals surface area contributed by atoms with Crippen LogP contribution >= 0.6 is 11.3 Å². The summed E-state index contributed by atoms with van der Waals surface area (Å²) in [6, 6.07) is 21.1. The van der Waals surface area contributed by atoms with Gasteiger partial charge < -0.3 is 9.64 Å². The first-order valence-electron chi connectivity index (χ1n) is 13.2. The molecule has 0 N–H and O–H groups in total. The van der Waals surface area contributed by atoms with Crippen molar-refractivity contribution in [2.45, 2.75) is 32.3 Å². The Kier molecular flexibility index (Phi) is 6.99. The summed E-state index contributed by atoms with van der Waals surface area (Å²) in [5.74, 6) is 1.89. The van der Waals surface area contributed by atoms with Gasteiger partial charge in [-0.25, -0.2) is 9.97 Å². The first-order valence-corrected chi connectivity index (χ1v) is 14.0. The van der Waals surface area contributed by atoms with Crippen LogP contribution in [0.25, 0.3) is 10.2 Å². The monoisotopic (exact) mass is 498 g/mol. The van der Waals surface area contributed by atoms with Crippen molar-refractivity contribution in [3.63, 3.8) is 0 Å². The zero-order chi connectivity index (χ0) is 24.3. The third-order valence-corrected chi connectivity index (χ3v) is 8.84. The number of rotatable bonds is 7. The molecule has 0 saturated carbocycles. The predicted octanol–water partition coefficient (Wildman–Crippen LogP) is 5.74. The third kappa shape index (κ3) is 4.90. The fourth-order valence-electron chi connectivity index (χ4n) is 5.63. The Balaban J connectivity index is 1.09. The first-order chi connectivity index (χ1) is 17.8. The van der Waals surface area contributed by atoms with Crippen molar-refractivity contribution >= 4 is 27.4 Å². The van der Waals surface area contributed by atoms with Crippen LogP contribution in [0.2, 0.25) is 0 Å². The normalized spacial score (nSPS) is 18.6. The largest absolute Gasteiger partial charge is 0.367 e. The molecular formula is C30H34N4OS. The van der Waals surface area contributed by atoms with Gasteiger partial charge in [-0.05, 0) is 41.9 Å². The summed E-state index contributed by atoms with van der Waals surface area (Å²) in [7, 11) is 0. The van der Waals surface area contributed by atoms with E-state index in [-0.39, 0.29) is 6.10 Å². The molecule has 6 heteroatoms. The molecule has 1 atom stereocenters. The molecule has 0 unspecified atom stereocenters. The summed E-state index contributed by atoms with van der Waals surface area (Å²) >= 11 is 1.89. The summed E-state index contributed by atoms with van der Waals surface area (Å²) in [6.07, 6.45) is 5.37. The minimum atomic E-state index is -0.0323. The van der Waals surface area contributed by atoms with Gasteiger partial charge in [0, 0.05) is 37.6 Å². The molecular weight excluding hydrogens is 464 g/mol. The summed E-state index contributed by atoms with van der Waals surface area (Å²) in [4.78, 5) is 17.1. The second-order valence-electron chi connectivity index (χ2n) is 10.1. The standard InChI is InChI=1S/C30H34N4OS/c1-22-12-13-26-25(20-22)27-29(31-21-32-30(27)36-26)34-16-14-33(15-17-34)18-19-35-28(23-8-4-2-5-9-23)24-10-6-3-7-11-24/h2-11,21-22,28H,12-20H2,1H3/t22-/m1/s1. The molecule has 2 aromatic heterocycles. The number of hydrogen-bond donors (Lipinski definition) is 0. The van der Waals surface area contributed by atoms with E-state index in [1.54, 1.807) is 6.33 Å². The summed E-state index contributed by atoms with van der Waals surface area (Å²) < 4.78 is 6.47. The smallest absolute Gasteiger partial charge is 0.141 e. The molecule has 6 rings (SSSR count). The Labute approximate surface area is 217 Å². The van der Waals surface area contributed by atoms with Gasteiger partial charge in [-0.15, -0.1) is 11.3 Å². The van der Waals surface area contributed by atoms with Gasteiger partial charge >= 0.3 is 0 Å². The van der Waals surface area contributed by atoms with E-state index in [2.05, 4.69) is 82.4 Å². The number of aryl methyl sites for hydroxylation is 1. The van der Waals surface area contributed by atoms with Crippen molar-refractivity contribution in [1.82, 2.24) is 14.9 Å². The van der Waals surface area contributed by atoms with Crippen LogP contribution in [0.15, 0.2) is 67.0 Å². The number of piperazine rings is 1. The molecule has 0 bridgehead atoms. The summed E-state index contributed by atoms with van der Waals surface area (Å²) in [6.45, 7) is 8.06. The number of aromatic nitrogens is 2. The van der Waals surface area contributed by atoms with Crippen molar-refractivity contribution in [2.24, 2.45) is 5.92 Å². The number of anilines is 1. The van der Waals surface area contributed by atoms with Gasteiger partial charge in [0.25, 0.3) is 0 Å². The number of fused-ring (bicyclic) bond motifs is 3. The molecule has 1 saturated heterocycles. The van der Waals surface area contributed by atoms with Crippen LogP contribution in [-0.2, 0) is 17.6 Å². The first kappa shape index (κ1) is 23.6. The second kappa shape index (κ2) is 10.7. The molecule has 0 spiro atoms. The molecule has 1 fully saturated rings. The molecule has 0 amide bonds. The molecule has 5 nitrogen and oxygen atoms in total. The van der Waals surface area contributed by atoms with E-state index in [0.29, 0.717) is 6.61 Å². The summed E-state index contributed by atoms with van der Waals surface area (Å²) in [5, 5.41) is 1.33. The lowest BCUT2D eigenvalue weighted by atomic mass is 9.88. The minimum absolute atomic E-state index is 0.0323. The quantitative estimate of drug-likeness (QED) is 0.325. The highest BCUT2D eigenvalue weighted by Gasteiger charge is 2.27. The number of thiophene rings is 1. The molecule has 36 heavy (non-hydrogen) atoms. The average molecular weight is 499 g/mol. The van der Waals surface area contributed by atoms with Crippen molar-refractivity contribution in [2.75, 3.05) is 44.2 Å². The lowest BCUT2D eigenvalue weighted by Gasteiger charge is -2.36. The Bertz CT molecular complexity index is 1250. The van der Waals surface area contributed by atoms with Gasteiger partial charge in [-0.3, -0.25) is 4.90 Å². The summed E-state index contributed by atoms with van der Waals surface area (Å²) in [5.41, 5.74) is 3.93. The third-order valence-electron chi connectivity index (χ3n) is 7.64. The van der Waals surface area contributed by atoms with Gasteiger partial charge in [0.05, 0.1) is 12.0 Å². The molecule has 2 aliphatic rings. The van der Waals surface area contributed by atoms with Gasteiger partial charge in [-0.1, -0.05) is 67.6 Å². The minimum Gasteiger partial charge on any atom is -0.367 e. The van der Waals surface area contributed by atoms with Gasteiger partial charge in [0.15, 0.2) is 0 Å². The van der Waals surface area contributed by atoms with E-state index >= 15 is 0 Å². The Morgan fingerprint density at radius 2 is 1.64 bits per heavy atom. The van der Waals surface area contributed by atoms with E-state index in [1.165, 1.54) is 44.6 Å². The van der Waals surface area contributed by atoms with E-state index < -0.39 is 0 Å². The van der Waals surface area contributed by atoms with Crippen LogP contribution in [0.3, 0.4) is 0 Å². The van der Waals surface area contributed by atoms with E-state index in [1.807, 2.05) is 11.3 Å².